The largest absolute Gasteiger partial charge is 0.378 e. The summed E-state index contributed by atoms with van der Waals surface area (Å²) in [5.74, 6) is 0.523. The summed E-state index contributed by atoms with van der Waals surface area (Å²) in [7, 11) is -3.48. The van der Waals surface area contributed by atoms with Gasteiger partial charge in [-0.25, -0.2) is 8.42 Å². The number of benzene rings is 1. The summed E-state index contributed by atoms with van der Waals surface area (Å²) in [6, 6.07) is 4.39. The second-order valence-corrected chi connectivity index (χ2v) is 8.99. The van der Waals surface area contributed by atoms with Gasteiger partial charge in [0.05, 0.1) is 9.82 Å². The second-order valence-electron chi connectivity index (χ2n) is 6.98. The van der Waals surface area contributed by atoms with Crippen LogP contribution in [0.1, 0.15) is 39.5 Å². The minimum absolute atomic E-state index is 0.0363. The van der Waals surface area contributed by atoms with Crippen molar-refractivity contribution in [2.24, 2.45) is 5.92 Å². The lowest BCUT2D eigenvalue weighted by atomic mass is 9.93. The molecular formula is C18H29N3O4S. The number of nitro groups is 1. The number of hydrogen-bond donors (Lipinski definition) is 1. The van der Waals surface area contributed by atoms with Crippen molar-refractivity contribution in [1.29, 1.82) is 0 Å². The van der Waals surface area contributed by atoms with Gasteiger partial charge in [0.25, 0.3) is 5.69 Å². The maximum atomic E-state index is 11.7. The van der Waals surface area contributed by atoms with Crippen LogP contribution in [0.5, 0.6) is 0 Å². The van der Waals surface area contributed by atoms with Crippen molar-refractivity contribution in [3.8, 4) is 0 Å². The Balaban J connectivity index is 2.23. The number of anilines is 1. The van der Waals surface area contributed by atoms with Gasteiger partial charge in [-0.3, -0.25) is 15.0 Å². The Labute approximate surface area is 155 Å². The van der Waals surface area contributed by atoms with Gasteiger partial charge in [0.2, 0.25) is 0 Å². The minimum atomic E-state index is -3.48. The summed E-state index contributed by atoms with van der Waals surface area (Å²) >= 11 is 0. The molecule has 1 heterocycles. The molecule has 146 valence electrons. The molecule has 0 amide bonds. The molecule has 1 aliphatic heterocycles. The molecule has 0 bridgehead atoms. The highest BCUT2D eigenvalue weighted by Gasteiger charge is 2.28. The average Bonchev–Trinajstić information content (AvgIpc) is 3.11. The van der Waals surface area contributed by atoms with Crippen LogP contribution in [-0.2, 0) is 9.84 Å². The van der Waals surface area contributed by atoms with E-state index >= 15 is 0 Å². The van der Waals surface area contributed by atoms with Crippen LogP contribution in [0.15, 0.2) is 23.1 Å². The molecule has 0 spiro atoms. The molecule has 1 aliphatic rings. The van der Waals surface area contributed by atoms with Crippen molar-refractivity contribution in [2.45, 2.75) is 50.5 Å². The van der Waals surface area contributed by atoms with Crippen molar-refractivity contribution in [3.63, 3.8) is 0 Å². The van der Waals surface area contributed by atoms with Gasteiger partial charge in [-0.15, -0.1) is 0 Å². The fraction of sp³-hybridized carbons (Fsp3) is 0.667. The molecule has 0 radical (unpaired) electrons. The molecule has 0 aliphatic carbocycles. The molecule has 1 atom stereocenters. The van der Waals surface area contributed by atoms with E-state index in [1.165, 1.54) is 25.0 Å². The van der Waals surface area contributed by atoms with Crippen LogP contribution in [0, 0.1) is 16.0 Å². The van der Waals surface area contributed by atoms with E-state index in [1.54, 1.807) is 0 Å². The molecule has 7 nitrogen and oxygen atoms in total. The van der Waals surface area contributed by atoms with Crippen molar-refractivity contribution in [2.75, 3.05) is 31.2 Å². The van der Waals surface area contributed by atoms with Crippen molar-refractivity contribution in [3.05, 3.63) is 28.3 Å². The fourth-order valence-electron chi connectivity index (χ4n) is 3.76. The fourth-order valence-corrected chi connectivity index (χ4v) is 4.40. The molecule has 1 saturated heterocycles. The van der Waals surface area contributed by atoms with Gasteiger partial charge in [-0.05, 0) is 44.0 Å². The molecule has 26 heavy (non-hydrogen) atoms. The van der Waals surface area contributed by atoms with Gasteiger partial charge in [0, 0.05) is 24.9 Å². The summed E-state index contributed by atoms with van der Waals surface area (Å²) < 4.78 is 23.4. The van der Waals surface area contributed by atoms with E-state index in [0.29, 0.717) is 24.2 Å². The Morgan fingerprint density at radius 3 is 2.35 bits per heavy atom. The Morgan fingerprint density at radius 2 is 1.85 bits per heavy atom. The molecule has 1 N–H and O–H groups in total. The Bertz CT molecular complexity index is 724. The molecule has 0 unspecified atom stereocenters. The van der Waals surface area contributed by atoms with Crippen LogP contribution in [0.4, 0.5) is 11.4 Å². The monoisotopic (exact) mass is 383 g/mol. The number of nitrogens with one attached hydrogen (secondary N) is 1. The van der Waals surface area contributed by atoms with Gasteiger partial charge < -0.3 is 5.32 Å². The van der Waals surface area contributed by atoms with Crippen molar-refractivity contribution < 1.29 is 13.3 Å². The van der Waals surface area contributed by atoms with E-state index in [1.807, 2.05) is 0 Å². The number of sulfone groups is 1. The normalized spacial score (nSPS) is 16.8. The first-order chi connectivity index (χ1) is 12.3. The highest BCUT2D eigenvalue weighted by Crippen LogP contribution is 2.29. The second kappa shape index (κ2) is 8.81. The van der Waals surface area contributed by atoms with E-state index in [9.17, 15) is 18.5 Å². The summed E-state index contributed by atoms with van der Waals surface area (Å²) in [5.41, 5.74) is 0.176. The van der Waals surface area contributed by atoms with E-state index in [2.05, 4.69) is 24.1 Å². The lowest BCUT2D eigenvalue weighted by Crippen LogP contribution is -2.43. The van der Waals surface area contributed by atoms with E-state index in [0.717, 1.165) is 38.3 Å². The Kier molecular flexibility index (Phi) is 7.00. The van der Waals surface area contributed by atoms with Gasteiger partial charge in [0.15, 0.2) is 9.84 Å². The molecule has 0 saturated carbocycles. The number of hydrogen-bond acceptors (Lipinski definition) is 6. The molecule has 1 fully saturated rings. The predicted molar refractivity (Wildman–Crippen MR) is 103 cm³/mol. The van der Waals surface area contributed by atoms with Crippen molar-refractivity contribution >= 4 is 21.2 Å². The zero-order chi connectivity index (χ0) is 19.3. The average molecular weight is 384 g/mol. The zero-order valence-electron chi connectivity index (χ0n) is 15.8. The standard InChI is InChI=1S/C18H29N3O4S/c1-4-14(5-2)18(20-10-6-7-11-20)13-19-16-9-8-15(26(3,24)25)12-17(16)21(22)23/h8-9,12,14,18-19H,4-7,10-11,13H2,1-3H3/t18-/m0/s1. The summed E-state index contributed by atoms with van der Waals surface area (Å²) in [5, 5.41) is 14.6. The first kappa shape index (κ1) is 20.6. The molecule has 1 aromatic carbocycles. The summed E-state index contributed by atoms with van der Waals surface area (Å²) in [6.45, 7) is 7.11. The number of nitrogens with zero attached hydrogens (tertiary/aromatic N) is 2. The van der Waals surface area contributed by atoms with E-state index < -0.39 is 14.8 Å². The maximum absolute atomic E-state index is 11.7. The lowest BCUT2D eigenvalue weighted by molar-refractivity contribution is -0.384. The number of rotatable bonds is 9. The molecule has 0 aromatic heterocycles. The first-order valence-electron chi connectivity index (χ1n) is 9.24. The van der Waals surface area contributed by atoms with Crippen LogP contribution < -0.4 is 5.32 Å². The van der Waals surface area contributed by atoms with E-state index in [-0.39, 0.29) is 10.6 Å². The Morgan fingerprint density at radius 1 is 1.23 bits per heavy atom. The third kappa shape index (κ3) is 4.94. The van der Waals surface area contributed by atoms with Crippen LogP contribution in [-0.4, -0.2) is 50.2 Å². The third-order valence-corrected chi connectivity index (χ3v) is 6.41. The first-order valence-corrected chi connectivity index (χ1v) is 11.1. The minimum Gasteiger partial charge on any atom is -0.378 e. The summed E-state index contributed by atoms with van der Waals surface area (Å²) in [4.78, 5) is 13.3. The smallest absolute Gasteiger partial charge is 0.293 e. The number of likely N-dealkylation sites (tertiary alicyclic amines) is 1. The van der Waals surface area contributed by atoms with Crippen LogP contribution in [0.3, 0.4) is 0 Å². The van der Waals surface area contributed by atoms with E-state index in [4.69, 9.17) is 0 Å². The molecule has 8 heteroatoms. The zero-order valence-corrected chi connectivity index (χ0v) is 16.6. The van der Waals surface area contributed by atoms with Crippen LogP contribution >= 0.6 is 0 Å². The lowest BCUT2D eigenvalue weighted by Gasteiger charge is -2.34. The maximum Gasteiger partial charge on any atom is 0.293 e. The third-order valence-electron chi connectivity index (χ3n) is 5.30. The Hall–Kier alpha value is -1.67. The van der Waals surface area contributed by atoms with Crippen LogP contribution in [0.2, 0.25) is 0 Å². The van der Waals surface area contributed by atoms with Gasteiger partial charge in [0.1, 0.15) is 5.69 Å². The topological polar surface area (TPSA) is 92.5 Å². The summed E-state index contributed by atoms with van der Waals surface area (Å²) in [6.07, 6.45) is 5.57. The molecule has 2 rings (SSSR count). The van der Waals surface area contributed by atoms with Crippen molar-refractivity contribution in [1.82, 2.24) is 4.90 Å². The molecule has 1 aromatic rings. The van der Waals surface area contributed by atoms with Gasteiger partial charge >= 0.3 is 0 Å². The highest BCUT2D eigenvalue weighted by molar-refractivity contribution is 7.90. The molecular weight excluding hydrogens is 354 g/mol. The SMILES string of the molecule is CCC(CC)[C@H](CNc1ccc(S(C)(=O)=O)cc1[N+](=O)[O-])N1CCCC1. The van der Waals surface area contributed by atoms with Gasteiger partial charge in [-0.1, -0.05) is 26.7 Å². The van der Waals surface area contributed by atoms with Crippen LogP contribution in [0.25, 0.3) is 0 Å². The van der Waals surface area contributed by atoms with Gasteiger partial charge in [-0.2, -0.15) is 0 Å². The number of nitro benzene ring substituents is 1. The highest BCUT2D eigenvalue weighted by atomic mass is 32.2. The quantitative estimate of drug-likeness (QED) is 0.519. The predicted octanol–water partition coefficient (Wildman–Crippen LogP) is 3.31.